The number of benzene rings is 1. The van der Waals surface area contributed by atoms with Gasteiger partial charge in [-0.1, -0.05) is 17.7 Å². The van der Waals surface area contributed by atoms with Gasteiger partial charge in [-0.15, -0.1) is 0 Å². The van der Waals surface area contributed by atoms with Gasteiger partial charge in [-0.3, -0.25) is 4.79 Å². The standard InChI is InChI=1S/C12H15NO/c1-8-4-5-9-7-12(2,3)13-11(14)10(9)6-8/h4-6H,7H2,1-3H3,(H,13,14). The van der Waals surface area contributed by atoms with Gasteiger partial charge in [0.15, 0.2) is 0 Å². The molecule has 0 saturated heterocycles. The summed E-state index contributed by atoms with van der Waals surface area (Å²) in [5, 5.41) is 3.00. The summed E-state index contributed by atoms with van der Waals surface area (Å²) in [6.45, 7) is 6.11. The van der Waals surface area contributed by atoms with Crippen molar-refractivity contribution in [2.75, 3.05) is 0 Å². The van der Waals surface area contributed by atoms with Crippen molar-refractivity contribution < 1.29 is 4.79 Å². The Morgan fingerprint density at radius 2 is 2.07 bits per heavy atom. The van der Waals surface area contributed by atoms with Crippen LogP contribution in [0.15, 0.2) is 18.2 Å². The molecular formula is C12H15NO. The van der Waals surface area contributed by atoms with Crippen LogP contribution in [0.1, 0.15) is 35.3 Å². The summed E-state index contributed by atoms with van der Waals surface area (Å²) in [4.78, 5) is 11.7. The molecule has 1 heterocycles. The predicted octanol–water partition coefficient (Wildman–Crippen LogP) is 2.06. The van der Waals surface area contributed by atoms with E-state index in [1.807, 2.05) is 26.8 Å². The number of nitrogens with one attached hydrogen (secondary N) is 1. The Morgan fingerprint density at radius 3 is 2.79 bits per heavy atom. The van der Waals surface area contributed by atoms with Gasteiger partial charge in [0, 0.05) is 11.1 Å². The molecule has 0 saturated carbocycles. The van der Waals surface area contributed by atoms with Crippen LogP contribution in [0.4, 0.5) is 0 Å². The van der Waals surface area contributed by atoms with E-state index in [2.05, 4.69) is 17.4 Å². The Kier molecular flexibility index (Phi) is 1.88. The molecule has 14 heavy (non-hydrogen) atoms. The molecule has 0 bridgehead atoms. The fourth-order valence-electron chi connectivity index (χ4n) is 1.95. The SMILES string of the molecule is Cc1ccc2c(c1)C(=O)NC(C)(C)C2. The summed E-state index contributed by atoms with van der Waals surface area (Å²) in [6.07, 6.45) is 0.911. The van der Waals surface area contributed by atoms with Gasteiger partial charge in [0.2, 0.25) is 0 Å². The molecule has 1 aromatic rings. The molecule has 0 atom stereocenters. The molecule has 1 N–H and O–H groups in total. The van der Waals surface area contributed by atoms with Gasteiger partial charge in [-0.05, 0) is 38.8 Å². The van der Waals surface area contributed by atoms with E-state index >= 15 is 0 Å². The van der Waals surface area contributed by atoms with Gasteiger partial charge in [-0.25, -0.2) is 0 Å². The quantitative estimate of drug-likeness (QED) is 0.665. The van der Waals surface area contributed by atoms with Crippen molar-refractivity contribution in [1.29, 1.82) is 0 Å². The first-order valence-electron chi connectivity index (χ1n) is 4.90. The predicted molar refractivity (Wildman–Crippen MR) is 56.4 cm³/mol. The maximum Gasteiger partial charge on any atom is 0.251 e. The number of carbonyl (C=O) groups excluding carboxylic acids is 1. The summed E-state index contributed by atoms with van der Waals surface area (Å²) in [5.74, 6) is 0.0555. The van der Waals surface area contributed by atoms with Gasteiger partial charge in [0.25, 0.3) is 5.91 Å². The Labute approximate surface area is 84.3 Å². The number of amides is 1. The molecule has 1 aromatic carbocycles. The zero-order valence-corrected chi connectivity index (χ0v) is 8.85. The Hall–Kier alpha value is -1.31. The van der Waals surface area contributed by atoms with E-state index in [9.17, 15) is 4.79 Å². The molecule has 0 unspecified atom stereocenters. The first kappa shape index (κ1) is 9.25. The summed E-state index contributed by atoms with van der Waals surface area (Å²) < 4.78 is 0. The van der Waals surface area contributed by atoms with Crippen LogP contribution in [-0.4, -0.2) is 11.4 Å². The largest absolute Gasteiger partial charge is 0.347 e. The third-order valence-electron chi connectivity index (χ3n) is 2.59. The molecule has 1 aliphatic rings. The number of carbonyl (C=O) groups is 1. The molecule has 2 heteroatoms. The second-order valence-corrected chi connectivity index (χ2v) is 4.68. The molecule has 0 radical (unpaired) electrons. The number of rotatable bonds is 0. The Morgan fingerprint density at radius 1 is 1.36 bits per heavy atom. The van der Waals surface area contributed by atoms with E-state index < -0.39 is 0 Å². The fourth-order valence-corrected chi connectivity index (χ4v) is 1.95. The summed E-state index contributed by atoms with van der Waals surface area (Å²) in [5.41, 5.74) is 3.02. The lowest BCUT2D eigenvalue weighted by molar-refractivity contribution is 0.0897. The van der Waals surface area contributed by atoms with Gasteiger partial charge in [-0.2, -0.15) is 0 Å². The van der Waals surface area contributed by atoms with Crippen LogP contribution in [0.2, 0.25) is 0 Å². The highest BCUT2D eigenvalue weighted by molar-refractivity contribution is 5.97. The third kappa shape index (κ3) is 1.52. The number of aryl methyl sites for hydroxylation is 1. The smallest absolute Gasteiger partial charge is 0.251 e. The molecule has 0 spiro atoms. The van der Waals surface area contributed by atoms with Gasteiger partial charge >= 0.3 is 0 Å². The Balaban J connectivity index is 2.50. The van der Waals surface area contributed by atoms with Crippen molar-refractivity contribution in [2.45, 2.75) is 32.7 Å². The van der Waals surface area contributed by atoms with Gasteiger partial charge < -0.3 is 5.32 Å². The highest BCUT2D eigenvalue weighted by Crippen LogP contribution is 2.23. The molecule has 1 amide bonds. The molecule has 0 fully saturated rings. The zero-order valence-electron chi connectivity index (χ0n) is 8.85. The first-order valence-corrected chi connectivity index (χ1v) is 4.90. The minimum absolute atomic E-state index is 0.0555. The molecule has 0 aromatic heterocycles. The van der Waals surface area contributed by atoms with Crippen molar-refractivity contribution >= 4 is 5.91 Å². The minimum Gasteiger partial charge on any atom is -0.347 e. The van der Waals surface area contributed by atoms with Crippen LogP contribution in [0, 0.1) is 6.92 Å². The summed E-state index contributed by atoms with van der Waals surface area (Å²) in [7, 11) is 0. The van der Waals surface area contributed by atoms with Crippen molar-refractivity contribution in [1.82, 2.24) is 5.32 Å². The van der Waals surface area contributed by atoms with E-state index in [4.69, 9.17) is 0 Å². The lowest BCUT2D eigenvalue weighted by Crippen LogP contribution is -2.49. The van der Waals surface area contributed by atoms with Crippen LogP contribution < -0.4 is 5.32 Å². The topological polar surface area (TPSA) is 29.1 Å². The van der Waals surface area contributed by atoms with Gasteiger partial charge in [0.05, 0.1) is 0 Å². The third-order valence-corrected chi connectivity index (χ3v) is 2.59. The van der Waals surface area contributed by atoms with E-state index in [-0.39, 0.29) is 11.4 Å². The van der Waals surface area contributed by atoms with Crippen LogP contribution >= 0.6 is 0 Å². The van der Waals surface area contributed by atoms with E-state index in [0.29, 0.717) is 0 Å². The molecular weight excluding hydrogens is 174 g/mol. The maximum atomic E-state index is 11.7. The second-order valence-electron chi connectivity index (χ2n) is 4.68. The van der Waals surface area contributed by atoms with Crippen LogP contribution in [0.3, 0.4) is 0 Å². The minimum atomic E-state index is -0.112. The maximum absolute atomic E-state index is 11.7. The van der Waals surface area contributed by atoms with E-state index in [1.165, 1.54) is 0 Å². The van der Waals surface area contributed by atoms with Crippen LogP contribution in [-0.2, 0) is 6.42 Å². The highest BCUT2D eigenvalue weighted by Gasteiger charge is 2.29. The highest BCUT2D eigenvalue weighted by atomic mass is 16.1. The first-order chi connectivity index (χ1) is 6.48. The van der Waals surface area contributed by atoms with Crippen molar-refractivity contribution in [3.63, 3.8) is 0 Å². The monoisotopic (exact) mass is 189 g/mol. The number of hydrogen-bond donors (Lipinski definition) is 1. The molecule has 0 aliphatic carbocycles. The van der Waals surface area contributed by atoms with Crippen LogP contribution in [0.25, 0.3) is 0 Å². The molecule has 1 aliphatic heterocycles. The normalized spacial score (nSPS) is 18.6. The molecule has 74 valence electrons. The van der Waals surface area contributed by atoms with Crippen molar-refractivity contribution in [2.24, 2.45) is 0 Å². The average molecular weight is 189 g/mol. The van der Waals surface area contributed by atoms with Crippen molar-refractivity contribution in [3.05, 3.63) is 34.9 Å². The lowest BCUT2D eigenvalue weighted by Gasteiger charge is -2.32. The average Bonchev–Trinajstić information content (AvgIpc) is 2.05. The van der Waals surface area contributed by atoms with E-state index in [0.717, 1.165) is 23.1 Å². The summed E-state index contributed by atoms with van der Waals surface area (Å²) >= 11 is 0. The summed E-state index contributed by atoms with van der Waals surface area (Å²) in [6, 6.07) is 6.08. The van der Waals surface area contributed by atoms with Gasteiger partial charge in [0.1, 0.15) is 0 Å². The number of fused-ring (bicyclic) bond motifs is 1. The second kappa shape index (κ2) is 2.84. The molecule has 2 rings (SSSR count). The lowest BCUT2D eigenvalue weighted by atomic mass is 9.87. The fraction of sp³-hybridized carbons (Fsp3) is 0.417. The zero-order chi connectivity index (χ0) is 10.3. The van der Waals surface area contributed by atoms with Crippen molar-refractivity contribution in [3.8, 4) is 0 Å². The van der Waals surface area contributed by atoms with E-state index in [1.54, 1.807) is 0 Å². The van der Waals surface area contributed by atoms with Crippen LogP contribution in [0.5, 0.6) is 0 Å². The number of hydrogen-bond acceptors (Lipinski definition) is 1. The molecule has 2 nitrogen and oxygen atoms in total. The Bertz CT molecular complexity index is 393.